The van der Waals surface area contributed by atoms with Gasteiger partial charge in [0.15, 0.2) is 6.29 Å². The number of hydrogen-bond donors (Lipinski definition) is 1. The van der Waals surface area contributed by atoms with Gasteiger partial charge in [-0.25, -0.2) is 10.1 Å². The average molecular weight is 252 g/mol. The lowest BCUT2D eigenvalue weighted by molar-refractivity contribution is -0.389. The lowest BCUT2D eigenvalue weighted by Gasteiger charge is -2.42. The van der Waals surface area contributed by atoms with Crippen LogP contribution in [0.4, 0.5) is 0 Å². The fraction of sp³-hybridized carbons (Fsp3) is 0.571. The van der Waals surface area contributed by atoms with Crippen molar-refractivity contribution < 1.29 is 19.6 Å². The third kappa shape index (κ3) is 2.29. The Hall–Kier alpha value is -0.940. The first-order chi connectivity index (χ1) is 8.49. The SMILES string of the molecule is COC1OC(OO)C(C(C)(C)C)c2ccccc21. The highest BCUT2D eigenvalue weighted by Crippen LogP contribution is 2.46. The van der Waals surface area contributed by atoms with Crippen molar-refractivity contribution in [3.8, 4) is 0 Å². The molecule has 4 nitrogen and oxygen atoms in total. The van der Waals surface area contributed by atoms with Gasteiger partial charge in [-0.05, 0) is 11.0 Å². The molecule has 0 bridgehead atoms. The van der Waals surface area contributed by atoms with Crippen molar-refractivity contribution >= 4 is 0 Å². The summed E-state index contributed by atoms with van der Waals surface area (Å²) in [6.45, 7) is 6.28. The molecule has 1 N–H and O–H groups in total. The van der Waals surface area contributed by atoms with Gasteiger partial charge < -0.3 is 9.47 Å². The van der Waals surface area contributed by atoms with Crippen LogP contribution in [0, 0.1) is 5.41 Å². The van der Waals surface area contributed by atoms with E-state index < -0.39 is 12.6 Å². The maximum absolute atomic E-state index is 9.08. The molecule has 0 fully saturated rings. The van der Waals surface area contributed by atoms with Crippen molar-refractivity contribution in [3.63, 3.8) is 0 Å². The van der Waals surface area contributed by atoms with Gasteiger partial charge >= 0.3 is 0 Å². The molecule has 2 rings (SSSR count). The summed E-state index contributed by atoms with van der Waals surface area (Å²) in [5.74, 6) is -0.0508. The maximum Gasteiger partial charge on any atom is 0.201 e. The Balaban J connectivity index is 2.51. The highest BCUT2D eigenvalue weighted by Gasteiger charge is 2.43. The molecule has 0 saturated heterocycles. The number of ether oxygens (including phenoxy) is 2. The Bertz CT molecular complexity index is 411. The average Bonchev–Trinajstić information content (AvgIpc) is 2.35. The zero-order valence-electron chi connectivity index (χ0n) is 11.2. The Morgan fingerprint density at radius 1 is 1.17 bits per heavy atom. The van der Waals surface area contributed by atoms with Gasteiger partial charge in [0.1, 0.15) is 0 Å². The molecule has 1 aliphatic rings. The predicted octanol–water partition coefficient (Wildman–Crippen LogP) is 3.31. The summed E-state index contributed by atoms with van der Waals surface area (Å²) in [7, 11) is 1.58. The molecule has 0 aromatic heterocycles. The number of fused-ring (bicyclic) bond motifs is 1. The molecule has 0 saturated carbocycles. The first kappa shape index (κ1) is 13.5. The van der Waals surface area contributed by atoms with E-state index in [-0.39, 0.29) is 11.3 Å². The van der Waals surface area contributed by atoms with E-state index in [1.54, 1.807) is 7.11 Å². The number of methoxy groups -OCH3 is 1. The minimum absolute atomic E-state index is 0.0508. The van der Waals surface area contributed by atoms with Crippen molar-refractivity contribution in [2.75, 3.05) is 7.11 Å². The van der Waals surface area contributed by atoms with Crippen LogP contribution in [-0.2, 0) is 14.4 Å². The van der Waals surface area contributed by atoms with E-state index >= 15 is 0 Å². The number of rotatable bonds is 2. The highest BCUT2D eigenvalue weighted by atomic mass is 17.1. The molecule has 0 aliphatic carbocycles. The van der Waals surface area contributed by atoms with Gasteiger partial charge in [-0.1, -0.05) is 45.0 Å². The second-order valence-corrected chi connectivity index (χ2v) is 5.65. The van der Waals surface area contributed by atoms with E-state index in [9.17, 15) is 0 Å². The summed E-state index contributed by atoms with van der Waals surface area (Å²) in [4.78, 5) is 4.52. The molecule has 3 unspecified atom stereocenters. The summed E-state index contributed by atoms with van der Waals surface area (Å²) in [6, 6.07) is 7.94. The monoisotopic (exact) mass is 252 g/mol. The summed E-state index contributed by atoms with van der Waals surface area (Å²) in [5, 5.41) is 9.08. The maximum atomic E-state index is 9.08. The molecule has 3 atom stereocenters. The lowest BCUT2D eigenvalue weighted by atomic mass is 9.73. The van der Waals surface area contributed by atoms with Gasteiger partial charge in [0.2, 0.25) is 6.29 Å². The van der Waals surface area contributed by atoms with E-state index in [1.807, 2.05) is 24.3 Å². The Morgan fingerprint density at radius 3 is 2.28 bits per heavy atom. The van der Waals surface area contributed by atoms with E-state index in [0.717, 1.165) is 11.1 Å². The zero-order chi connectivity index (χ0) is 13.3. The highest BCUT2D eigenvalue weighted by molar-refractivity contribution is 5.35. The second kappa shape index (κ2) is 4.97. The Morgan fingerprint density at radius 2 is 1.78 bits per heavy atom. The molecule has 1 aliphatic heterocycles. The first-order valence-electron chi connectivity index (χ1n) is 6.06. The molecular formula is C14H20O4. The van der Waals surface area contributed by atoms with Crippen LogP contribution in [0.2, 0.25) is 0 Å². The summed E-state index contributed by atoms with van der Waals surface area (Å²) in [5.41, 5.74) is 2.00. The van der Waals surface area contributed by atoms with Gasteiger partial charge in [-0.3, -0.25) is 0 Å². The number of benzene rings is 1. The fourth-order valence-electron chi connectivity index (χ4n) is 2.57. The predicted molar refractivity (Wildman–Crippen MR) is 67.0 cm³/mol. The third-order valence-electron chi connectivity index (χ3n) is 3.37. The topological polar surface area (TPSA) is 47.9 Å². The fourth-order valence-corrected chi connectivity index (χ4v) is 2.57. The van der Waals surface area contributed by atoms with E-state index in [0.29, 0.717) is 0 Å². The molecule has 1 aromatic rings. The molecule has 100 valence electrons. The van der Waals surface area contributed by atoms with Crippen LogP contribution < -0.4 is 0 Å². The molecule has 0 amide bonds. The minimum atomic E-state index is -0.718. The largest absolute Gasteiger partial charge is 0.352 e. The van der Waals surface area contributed by atoms with Crippen molar-refractivity contribution in [2.24, 2.45) is 5.41 Å². The standard InChI is InChI=1S/C14H20O4/c1-14(2,3)11-9-7-5-6-8-10(9)12(16-4)17-13(11)18-15/h5-8,11-13,15H,1-4H3. The van der Waals surface area contributed by atoms with Crippen LogP contribution in [0.25, 0.3) is 0 Å². The van der Waals surface area contributed by atoms with Gasteiger partial charge in [-0.15, -0.1) is 0 Å². The van der Waals surface area contributed by atoms with E-state index in [4.69, 9.17) is 14.7 Å². The zero-order valence-corrected chi connectivity index (χ0v) is 11.2. The summed E-state index contributed by atoms with van der Waals surface area (Å²) in [6.07, 6.45) is -1.22. The van der Waals surface area contributed by atoms with Crippen LogP contribution in [0.15, 0.2) is 24.3 Å². The Kier molecular flexibility index (Phi) is 3.73. The van der Waals surface area contributed by atoms with Crippen molar-refractivity contribution in [3.05, 3.63) is 35.4 Å². The van der Waals surface area contributed by atoms with Crippen LogP contribution in [0.3, 0.4) is 0 Å². The Labute approximate surface area is 107 Å². The van der Waals surface area contributed by atoms with Crippen LogP contribution in [0.1, 0.15) is 44.1 Å². The molecular weight excluding hydrogens is 232 g/mol. The van der Waals surface area contributed by atoms with Crippen molar-refractivity contribution in [2.45, 2.75) is 39.3 Å². The minimum Gasteiger partial charge on any atom is -0.352 e. The molecule has 0 radical (unpaired) electrons. The quantitative estimate of drug-likeness (QED) is 0.648. The van der Waals surface area contributed by atoms with Crippen LogP contribution in [0.5, 0.6) is 0 Å². The normalized spacial score (nSPS) is 27.9. The summed E-state index contributed by atoms with van der Waals surface area (Å²) < 4.78 is 11.0. The summed E-state index contributed by atoms with van der Waals surface area (Å²) >= 11 is 0. The van der Waals surface area contributed by atoms with Crippen molar-refractivity contribution in [1.82, 2.24) is 0 Å². The van der Waals surface area contributed by atoms with Crippen molar-refractivity contribution in [1.29, 1.82) is 0 Å². The van der Waals surface area contributed by atoms with Crippen LogP contribution >= 0.6 is 0 Å². The molecule has 1 heterocycles. The van der Waals surface area contributed by atoms with Gasteiger partial charge in [-0.2, -0.15) is 0 Å². The first-order valence-corrected chi connectivity index (χ1v) is 6.06. The molecule has 0 spiro atoms. The second-order valence-electron chi connectivity index (χ2n) is 5.65. The lowest BCUT2D eigenvalue weighted by Crippen LogP contribution is -2.39. The van der Waals surface area contributed by atoms with Gasteiger partial charge in [0.05, 0.1) is 0 Å². The molecule has 4 heteroatoms. The molecule has 18 heavy (non-hydrogen) atoms. The van der Waals surface area contributed by atoms with Gasteiger partial charge in [0.25, 0.3) is 0 Å². The van der Waals surface area contributed by atoms with Gasteiger partial charge in [0, 0.05) is 18.6 Å². The third-order valence-corrected chi connectivity index (χ3v) is 3.37. The molecule has 1 aromatic carbocycles. The van der Waals surface area contributed by atoms with Crippen LogP contribution in [-0.4, -0.2) is 18.7 Å². The number of hydrogen-bond acceptors (Lipinski definition) is 4. The smallest absolute Gasteiger partial charge is 0.201 e. The van der Waals surface area contributed by atoms with E-state index in [1.165, 1.54) is 0 Å². The van der Waals surface area contributed by atoms with E-state index in [2.05, 4.69) is 25.7 Å².